The van der Waals surface area contributed by atoms with Gasteiger partial charge in [-0.3, -0.25) is 0 Å². The van der Waals surface area contributed by atoms with E-state index >= 15 is 0 Å². The maximum atomic E-state index is 11.9. The second-order valence-corrected chi connectivity index (χ2v) is 5.73. The zero-order valence-electron chi connectivity index (χ0n) is 13.3. The van der Waals surface area contributed by atoms with Crippen LogP contribution in [-0.2, 0) is 20.9 Å². The molecule has 122 valence electrons. The highest BCUT2D eigenvalue weighted by atomic mass is 16.6. The largest absolute Gasteiger partial charge is 0.479 e. The molecule has 0 aromatic heterocycles. The molecule has 0 radical (unpaired) electrons. The van der Waals surface area contributed by atoms with Crippen molar-refractivity contribution in [1.82, 2.24) is 0 Å². The number of carboxylic acids is 2. The predicted octanol–water partition coefficient (Wildman–Crippen LogP) is 3.33. The summed E-state index contributed by atoms with van der Waals surface area (Å²) >= 11 is 0. The van der Waals surface area contributed by atoms with E-state index in [9.17, 15) is 19.8 Å². The van der Waals surface area contributed by atoms with Crippen LogP contribution in [0.25, 0.3) is 0 Å². The van der Waals surface area contributed by atoms with Gasteiger partial charge in [0.25, 0.3) is 5.60 Å². The normalized spacial score (nSPS) is 14.3. The Morgan fingerprint density at radius 1 is 1.09 bits per heavy atom. The Labute approximate surface area is 130 Å². The lowest BCUT2D eigenvalue weighted by atomic mass is 9.68. The van der Waals surface area contributed by atoms with Crippen molar-refractivity contribution in [3.05, 3.63) is 35.9 Å². The SMILES string of the molecule is CCCC(C)(CC)C(OCc1ccccc1)(C(=O)O)C(=O)O. The summed E-state index contributed by atoms with van der Waals surface area (Å²) in [5.41, 5.74) is -2.51. The molecule has 5 heteroatoms. The van der Waals surface area contributed by atoms with Gasteiger partial charge >= 0.3 is 11.9 Å². The minimum atomic E-state index is -2.26. The van der Waals surface area contributed by atoms with Crippen LogP contribution < -0.4 is 0 Å². The Morgan fingerprint density at radius 3 is 2.05 bits per heavy atom. The second-order valence-electron chi connectivity index (χ2n) is 5.73. The molecule has 1 unspecified atom stereocenters. The molecule has 1 atom stereocenters. The van der Waals surface area contributed by atoms with Crippen LogP contribution >= 0.6 is 0 Å². The molecule has 0 aliphatic rings. The second kappa shape index (κ2) is 7.40. The molecule has 0 heterocycles. The lowest BCUT2D eigenvalue weighted by Crippen LogP contribution is -2.60. The first-order chi connectivity index (χ1) is 10.3. The zero-order chi connectivity index (χ0) is 16.8. The first-order valence-corrected chi connectivity index (χ1v) is 7.48. The van der Waals surface area contributed by atoms with E-state index in [4.69, 9.17) is 4.74 Å². The van der Waals surface area contributed by atoms with Gasteiger partial charge < -0.3 is 14.9 Å². The molecule has 0 aliphatic carbocycles. The maximum Gasteiger partial charge on any atom is 0.348 e. The van der Waals surface area contributed by atoms with Gasteiger partial charge in [0.2, 0.25) is 0 Å². The smallest absolute Gasteiger partial charge is 0.348 e. The van der Waals surface area contributed by atoms with Gasteiger partial charge in [0.15, 0.2) is 0 Å². The number of benzene rings is 1. The summed E-state index contributed by atoms with van der Waals surface area (Å²) in [6.45, 7) is 5.31. The van der Waals surface area contributed by atoms with Gasteiger partial charge in [-0.1, -0.05) is 57.5 Å². The molecule has 0 aliphatic heterocycles. The third kappa shape index (κ3) is 3.30. The topological polar surface area (TPSA) is 83.8 Å². The minimum absolute atomic E-state index is 0.0568. The summed E-state index contributed by atoms with van der Waals surface area (Å²) in [5.74, 6) is -2.90. The van der Waals surface area contributed by atoms with Gasteiger partial charge in [0.05, 0.1) is 6.61 Å². The highest BCUT2D eigenvalue weighted by molar-refractivity contribution is 6.03. The fourth-order valence-electron chi connectivity index (χ4n) is 2.82. The van der Waals surface area contributed by atoms with Crippen molar-refractivity contribution < 1.29 is 24.5 Å². The molecule has 0 saturated heterocycles. The summed E-state index contributed by atoms with van der Waals surface area (Å²) in [7, 11) is 0. The molecular formula is C17H24O5. The van der Waals surface area contributed by atoms with Crippen molar-refractivity contribution in [2.24, 2.45) is 5.41 Å². The van der Waals surface area contributed by atoms with E-state index in [2.05, 4.69) is 0 Å². The Kier molecular flexibility index (Phi) is 6.11. The van der Waals surface area contributed by atoms with Crippen LogP contribution in [-0.4, -0.2) is 27.8 Å². The molecule has 0 saturated carbocycles. The van der Waals surface area contributed by atoms with Crippen LogP contribution in [0.2, 0.25) is 0 Å². The van der Waals surface area contributed by atoms with Gasteiger partial charge in [-0.25, -0.2) is 9.59 Å². The third-order valence-electron chi connectivity index (χ3n) is 4.33. The molecule has 1 rings (SSSR count). The number of hydrogen-bond acceptors (Lipinski definition) is 3. The maximum absolute atomic E-state index is 11.9. The van der Waals surface area contributed by atoms with Crippen LogP contribution in [0.3, 0.4) is 0 Å². The molecule has 0 amide bonds. The quantitative estimate of drug-likeness (QED) is 0.684. The molecule has 5 nitrogen and oxygen atoms in total. The van der Waals surface area contributed by atoms with E-state index in [1.807, 2.05) is 13.0 Å². The Balaban J connectivity index is 3.21. The van der Waals surface area contributed by atoms with E-state index in [1.54, 1.807) is 38.1 Å². The van der Waals surface area contributed by atoms with Crippen LogP contribution in [0.5, 0.6) is 0 Å². The van der Waals surface area contributed by atoms with Crippen molar-refractivity contribution in [1.29, 1.82) is 0 Å². The zero-order valence-corrected chi connectivity index (χ0v) is 13.3. The van der Waals surface area contributed by atoms with Gasteiger partial charge in [-0.05, 0) is 18.4 Å². The van der Waals surface area contributed by atoms with E-state index in [-0.39, 0.29) is 6.61 Å². The van der Waals surface area contributed by atoms with Crippen molar-refractivity contribution >= 4 is 11.9 Å². The number of rotatable bonds is 9. The van der Waals surface area contributed by atoms with Gasteiger partial charge in [0.1, 0.15) is 0 Å². The van der Waals surface area contributed by atoms with E-state index in [0.29, 0.717) is 19.3 Å². The van der Waals surface area contributed by atoms with Crippen LogP contribution in [0.15, 0.2) is 30.3 Å². The molecular weight excluding hydrogens is 284 g/mol. The van der Waals surface area contributed by atoms with Crippen LogP contribution in [0, 0.1) is 5.41 Å². The predicted molar refractivity (Wildman–Crippen MR) is 82.5 cm³/mol. The number of carbonyl (C=O) groups is 2. The summed E-state index contributed by atoms with van der Waals surface area (Å²) in [5, 5.41) is 19.3. The van der Waals surface area contributed by atoms with Gasteiger partial charge in [-0.2, -0.15) is 0 Å². The standard InChI is InChI=1S/C17H24O5/c1-4-11-16(3,5-2)17(14(18)19,15(20)21)22-12-13-9-7-6-8-10-13/h6-10H,4-5,11-12H2,1-3H3,(H,18,19)(H,20,21). The van der Waals surface area contributed by atoms with Crippen LogP contribution in [0.1, 0.15) is 45.6 Å². The molecule has 1 aromatic carbocycles. The first kappa shape index (κ1) is 18.2. The van der Waals surface area contributed by atoms with Crippen molar-refractivity contribution in [2.75, 3.05) is 0 Å². The van der Waals surface area contributed by atoms with E-state index < -0.39 is 23.0 Å². The summed E-state index contributed by atoms with van der Waals surface area (Å²) in [4.78, 5) is 23.7. The lowest BCUT2D eigenvalue weighted by Gasteiger charge is -2.41. The Morgan fingerprint density at radius 2 is 1.64 bits per heavy atom. The average Bonchev–Trinajstić information content (AvgIpc) is 2.48. The Hall–Kier alpha value is -1.88. The number of aliphatic carboxylic acids is 2. The van der Waals surface area contributed by atoms with Crippen LogP contribution in [0.4, 0.5) is 0 Å². The number of ether oxygens (including phenoxy) is 1. The summed E-state index contributed by atoms with van der Waals surface area (Å²) in [6, 6.07) is 8.98. The first-order valence-electron chi connectivity index (χ1n) is 7.48. The summed E-state index contributed by atoms with van der Waals surface area (Å²) in [6.07, 6.45) is 1.53. The molecule has 0 fully saturated rings. The van der Waals surface area contributed by atoms with Crippen molar-refractivity contribution in [2.45, 2.75) is 52.2 Å². The molecule has 1 aromatic rings. The van der Waals surface area contributed by atoms with E-state index in [0.717, 1.165) is 5.56 Å². The number of carboxylic acid groups (broad SMARTS) is 2. The molecule has 22 heavy (non-hydrogen) atoms. The summed E-state index contributed by atoms with van der Waals surface area (Å²) < 4.78 is 5.55. The molecule has 0 bridgehead atoms. The monoisotopic (exact) mass is 308 g/mol. The lowest BCUT2D eigenvalue weighted by molar-refractivity contribution is -0.206. The molecule has 2 N–H and O–H groups in total. The van der Waals surface area contributed by atoms with Gasteiger partial charge in [-0.15, -0.1) is 0 Å². The Bertz CT molecular complexity index is 497. The van der Waals surface area contributed by atoms with Crippen molar-refractivity contribution in [3.63, 3.8) is 0 Å². The third-order valence-corrected chi connectivity index (χ3v) is 4.33. The van der Waals surface area contributed by atoms with Gasteiger partial charge in [0, 0.05) is 5.41 Å². The minimum Gasteiger partial charge on any atom is -0.479 e. The highest BCUT2D eigenvalue weighted by Gasteiger charge is 2.60. The average molecular weight is 308 g/mol. The van der Waals surface area contributed by atoms with Crippen molar-refractivity contribution in [3.8, 4) is 0 Å². The number of hydrogen-bond donors (Lipinski definition) is 2. The molecule has 0 spiro atoms. The fraction of sp³-hybridized carbons (Fsp3) is 0.529. The fourth-order valence-corrected chi connectivity index (χ4v) is 2.82. The van der Waals surface area contributed by atoms with E-state index in [1.165, 1.54) is 0 Å². The highest BCUT2D eigenvalue weighted by Crippen LogP contribution is 2.43.